The molecule has 0 spiro atoms. The van der Waals surface area contributed by atoms with Crippen molar-refractivity contribution in [3.8, 4) is 0 Å². The Bertz CT molecular complexity index is 811. The molecule has 31 heavy (non-hydrogen) atoms. The van der Waals surface area contributed by atoms with Crippen LogP contribution in [0.1, 0.15) is 38.5 Å². The summed E-state index contributed by atoms with van der Waals surface area (Å²) in [5.74, 6) is 0.432. The zero-order chi connectivity index (χ0) is 22.8. The molecule has 5 aliphatic rings. The minimum Gasteiger partial charge on any atom is -0.388 e. The Hall–Kier alpha value is 0.435. The van der Waals surface area contributed by atoms with Gasteiger partial charge in [0.05, 0.1) is 20.3 Å². The maximum absolute atomic E-state index is 12.5. The molecule has 0 amide bonds. The van der Waals surface area contributed by atoms with Crippen molar-refractivity contribution in [3.05, 3.63) is 0 Å². The van der Waals surface area contributed by atoms with Gasteiger partial charge in [-0.2, -0.15) is 0 Å². The van der Waals surface area contributed by atoms with Crippen molar-refractivity contribution in [2.75, 3.05) is 12.5 Å². The molecular formula is C16H31BO11P3-. The molecule has 5 N–H and O–H groups in total. The Morgan fingerprint density at radius 3 is 1.94 bits per heavy atom. The second-order valence-electron chi connectivity index (χ2n) is 9.40. The molecule has 0 radical (unpaired) electrons. The third-order valence-electron chi connectivity index (χ3n) is 6.95. The van der Waals surface area contributed by atoms with Crippen LogP contribution in [0.2, 0.25) is 0 Å². The lowest BCUT2D eigenvalue weighted by molar-refractivity contribution is -0.158. The van der Waals surface area contributed by atoms with Crippen LogP contribution in [0, 0.1) is 23.2 Å². The summed E-state index contributed by atoms with van der Waals surface area (Å²) < 4.78 is 51.3. The Morgan fingerprint density at radius 1 is 0.935 bits per heavy atom. The first-order valence-corrected chi connectivity index (χ1v) is 14.7. The summed E-state index contributed by atoms with van der Waals surface area (Å²) in [6.45, 7) is -0.405. The van der Waals surface area contributed by atoms with Crippen LogP contribution in [0.3, 0.4) is 0 Å². The van der Waals surface area contributed by atoms with Crippen molar-refractivity contribution in [2.45, 2.75) is 62.9 Å². The third kappa shape index (κ3) is 5.41. The molecule has 4 saturated carbocycles. The molecule has 4 aliphatic carbocycles. The van der Waals surface area contributed by atoms with Gasteiger partial charge in [-0.1, -0.05) is 0 Å². The van der Waals surface area contributed by atoms with Crippen LogP contribution in [-0.4, -0.2) is 69.4 Å². The third-order valence-corrected chi connectivity index (χ3v) is 11.8. The fourth-order valence-corrected chi connectivity index (χ4v) is 10.3. The molecule has 0 aromatic heterocycles. The topological polar surface area (TPSA) is 180 Å². The van der Waals surface area contributed by atoms with Crippen LogP contribution in [0.5, 0.6) is 0 Å². The molecule has 180 valence electrons. The Morgan fingerprint density at radius 2 is 1.45 bits per heavy atom. The summed E-state index contributed by atoms with van der Waals surface area (Å²) in [5, 5.41) is 21.3. The molecular weight excluding hydrogens is 472 g/mol. The molecule has 5 fully saturated rings. The van der Waals surface area contributed by atoms with Gasteiger partial charge in [0.2, 0.25) is 0 Å². The smallest absolute Gasteiger partial charge is 0.344 e. The summed E-state index contributed by atoms with van der Waals surface area (Å²) in [6.07, 6.45) is 2.67. The van der Waals surface area contributed by atoms with E-state index in [4.69, 9.17) is 19.0 Å². The molecule has 1 aliphatic heterocycles. The summed E-state index contributed by atoms with van der Waals surface area (Å²) in [6, 6.07) is 0. The van der Waals surface area contributed by atoms with Crippen LogP contribution in [0.15, 0.2) is 0 Å². The van der Waals surface area contributed by atoms with Gasteiger partial charge in [-0.15, -0.1) is 0 Å². The molecule has 6 atom stereocenters. The standard InChI is InChI=1S/C16H31BO11P3/c17-31(25,28-30(23,24)8-29(20,21)22)26-7-12-13(18)14(19)15(27-12)16-4-9-1-10(5-16)3-11(2-9)6-16/h9-15,18-19H,1-8H2,17H3,(H,23,24)(H2,20,21,22)/q-1. The van der Waals surface area contributed by atoms with Gasteiger partial charge in [0.15, 0.2) is 13.4 Å². The van der Waals surface area contributed by atoms with E-state index in [0.717, 1.165) is 19.3 Å². The molecule has 1 heterocycles. The van der Waals surface area contributed by atoms with Gasteiger partial charge in [-0.25, -0.2) is 0 Å². The highest BCUT2D eigenvalue weighted by atomic mass is 31.3. The quantitative estimate of drug-likeness (QED) is 0.230. The normalized spacial score (nSPS) is 46.1. The summed E-state index contributed by atoms with van der Waals surface area (Å²) in [7, 11) is -14.9. The Kier molecular flexibility index (Phi) is 6.56. The van der Waals surface area contributed by atoms with Gasteiger partial charge in [0, 0.05) is 5.41 Å². The van der Waals surface area contributed by atoms with E-state index in [0.29, 0.717) is 17.8 Å². The van der Waals surface area contributed by atoms with E-state index >= 15 is 0 Å². The molecule has 11 nitrogen and oxygen atoms in total. The maximum atomic E-state index is 12.5. The fraction of sp³-hybridized carbons (Fsp3) is 1.00. The van der Waals surface area contributed by atoms with Crippen molar-refractivity contribution < 1.29 is 52.2 Å². The highest BCUT2D eigenvalue weighted by molar-refractivity contribution is 7.85. The lowest BCUT2D eigenvalue weighted by atomic mass is 9.48. The maximum Gasteiger partial charge on any atom is 0.344 e. The average Bonchev–Trinajstić information content (AvgIpc) is 2.84. The Labute approximate surface area is 181 Å². The monoisotopic (exact) mass is 503 g/mol. The lowest BCUT2D eigenvalue weighted by Gasteiger charge is -2.59. The zero-order valence-corrected chi connectivity index (χ0v) is 18.9. The van der Waals surface area contributed by atoms with Gasteiger partial charge < -0.3 is 38.7 Å². The summed E-state index contributed by atoms with van der Waals surface area (Å²) >= 11 is 0. The van der Waals surface area contributed by atoms with Gasteiger partial charge in [-0.3, -0.25) is 13.4 Å². The molecule has 6 unspecified atom stereocenters. The minimum atomic E-state index is -4.85. The van der Waals surface area contributed by atoms with Crippen molar-refractivity contribution >= 4 is 30.2 Å². The molecule has 15 heteroatoms. The molecule has 0 aromatic rings. The van der Waals surface area contributed by atoms with Gasteiger partial charge in [-0.05, 0) is 56.3 Å². The van der Waals surface area contributed by atoms with Crippen LogP contribution >= 0.6 is 22.7 Å². The molecule has 1 saturated heterocycles. The van der Waals surface area contributed by atoms with Crippen LogP contribution in [0.25, 0.3) is 0 Å². The largest absolute Gasteiger partial charge is 0.388 e. The Balaban J connectivity index is 1.38. The van der Waals surface area contributed by atoms with Crippen LogP contribution < -0.4 is 0 Å². The number of hydrogen-bond acceptors (Lipinski definition) is 8. The van der Waals surface area contributed by atoms with Crippen molar-refractivity contribution in [3.63, 3.8) is 0 Å². The van der Waals surface area contributed by atoms with Crippen molar-refractivity contribution in [1.29, 1.82) is 0 Å². The number of hydrogen-bond donors (Lipinski definition) is 5. The SMILES string of the molecule is [BH3-]P(=O)(OCC1OC(C23CC4CC(CC(C4)C2)C3)C(O)C1O)OP(=O)(O)CP(=O)(O)O. The van der Waals surface area contributed by atoms with Crippen molar-refractivity contribution in [1.82, 2.24) is 0 Å². The second kappa shape index (κ2) is 8.28. The van der Waals surface area contributed by atoms with E-state index in [1.165, 1.54) is 19.3 Å². The van der Waals surface area contributed by atoms with E-state index in [1.807, 2.05) is 0 Å². The van der Waals surface area contributed by atoms with E-state index in [2.05, 4.69) is 4.31 Å². The number of aliphatic hydroxyl groups is 2. The fourth-order valence-electron chi connectivity index (χ4n) is 6.44. The predicted molar refractivity (Wildman–Crippen MR) is 113 cm³/mol. The zero-order valence-electron chi connectivity index (χ0n) is 16.2. The second-order valence-corrected chi connectivity index (χ2v) is 14.5. The number of aliphatic hydroxyl groups excluding tert-OH is 2. The van der Waals surface area contributed by atoms with Gasteiger partial charge >= 0.3 is 15.2 Å². The van der Waals surface area contributed by atoms with E-state index in [1.54, 1.807) is 0 Å². The summed E-state index contributed by atoms with van der Waals surface area (Å²) in [4.78, 5) is 27.4. The lowest BCUT2D eigenvalue weighted by Crippen LogP contribution is -2.54. The summed E-state index contributed by atoms with van der Waals surface area (Å²) in [5.41, 5.74) is -0.178. The van der Waals surface area contributed by atoms with Gasteiger partial charge in [0.25, 0.3) is 0 Å². The van der Waals surface area contributed by atoms with Crippen LogP contribution in [0.4, 0.5) is 0 Å². The highest BCUT2D eigenvalue weighted by Gasteiger charge is 2.60. The highest BCUT2D eigenvalue weighted by Crippen LogP contribution is 2.65. The van der Waals surface area contributed by atoms with Gasteiger partial charge in [0.1, 0.15) is 18.3 Å². The first-order chi connectivity index (χ1) is 14.2. The number of ether oxygens (including phenoxy) is 1. The van der Waals surface area contributed by atoms with E-state index < -0.39 is 67.2 Å². The first kappa shape index (κ1) is 24.6. The molecule has 0 aromatic carbocycles. The van der Waals surface area contributed by atoms with E-state index in [-0.39, 0.29) is 5.41 Å². The number of rotatable bonds is 8. The molecule has 4 bridgehead atoms. The average molecular weight is 503 g/mol. The van der Waals surface area contributed by atoms with E-state index in [9.17, 15) is 28.8 Å². The van der Waals surface area contributed by atoms with Crippen molar-refractivity contribution in [2.24, 2.45) is 23.2 Å². The molecule has 5 rings (SSSR count). The predicted octanol–water partition coefficient (Wildman–Crippen LogP) is 0.519. The first-order valence-electron chi connectivity index (χ1n) is 10.0. The minimum absolute atomic E-state index is 0.178. The van der Waals surface area contributed by atoms with Crippen LogP contribution in [-0.2, 0) is 27.3 Å².